The van der Waals surface area contributed by atoms with E-state index in [1.165, 1.54) is 5.39 Å². The third-order valence-electron chi connectivity index (χ3n) is 7.16. The molecule has 0 N–H and O–H groups in total. The van der Waals surface area contributed by atoms with Crippen molar-refractivity contribution in [2.24, 2.45) is 0 Å². The molecule has 0 amide bonds. The standard InChI is InChI=1S/C31H20N4O/c1-3-19(2)33-25-13-7-4-10-21(25)23-18-20(16-17-26(23)33)34-29-22-11-5-9-15-28(22)36-30(29)35-27-14-8-6-12-24(27)32-31(34)35/h3-18H,1-2H2. The minimum atomic E-state index is 0.794. The molecule has 0 radical (unpaired) electrons. The number of aromatic nitrogens is 4. The first-order valence-corrected chi connectivity index (χ1v) is 11.9. The van der Waals surface area contributed by atoms with E-state index in [1.54, 1.807) is 6.08 Å². The Balaban J connectivity index is 1.55. The smallest absolute Gasteiger partial charge is 0.232 e. The maximum Gasteiger partial charge on any atom is 0.232 e. The molecule has 5 nitrogen and oxygen atoms in total. The summed E-state index contributed by atoms with van der Waals surface area (Å²) >= 11 is 0. The lowest BCUT2D eigenvalue weighted by atomic mass is 10.1. The second-order valence-corrected chi connectivity index (χ2v) is 9.07. The lowest BCUT2D eigenvalue weighted by Crippen LogP contribution is -1.96. The highest BCUT2D eigenvalue weighted by molar-refractivity contribution is 6.12. The zero-order valence-corrected chi connectivity index (χ0v) is 19.3. The second kappa shape index (κ2) is 6.77. The van der Waals surface area contributed by atoms with E-state index >= 15 is 0 Å². The Kier molecular flexibility index (Phi) is 3.63. The van der Waals surface area contributed by atoms with Crippen LogP contribution in [0.25, 0.3) is 72.2 Å². The van der Waals surface area contributed by atoms with Crippen molar-refractivity contribution in [1.29, 1.82) is 0 Å². The van der Waals surface area contributed by atoms with Gasteiger partial charge in [0, 0.05) is 21.9 Å². The van der Waals surface area contributed by atoms with Gasteiger partial charge < -0.3 is 8.98 Å². The Hall–Kier alpha value is -5.03. The number of hydrogen-bond donors (Lipinski definition) is 0. The third-order valence-corrected chi connectivity index (χ3v) is 7.16. The summed E-state index contributed by atoms with van der Waals surface area (Å²) < 4.78 is 12.9. The number of furan rings is 1. The van der Waals surface area contributed by atoms with Crippen LogP contribution in [0.3, 0.4) is 0 Å². The van der Waals surface area contributed by atoms with Crippen LogP contribution in [0, 0.1) is 0 Å². The van der Waals surface area contributed by atoms with Gasteiger partial charge in [-0.05, 0) is 54.6 Å². The van der Waals surface area contributed by atoms with Crippen LogP contribution in [0.15, 0.2) is 115 Å². The predicted octanol–water partition coefficient (Wildman–Crippen LogP) is 7.94. The van der Waals surface area contributed by atoms with Gasteiger partial charge in [-0.3, -0.25) is 4.57 Å². The van der Waals surface area contributed by atoms with Crippen molar-refractivity contribution in [3.8, 4) is 5.69 Å². The van der Waals surface area contributed by atoms with Crippen molar-refractivity contribution in [2.75, 3.05) is 0 Å². The zero-order chi connectivity index (χ0) is 24.0. The minimum Gasteiger partial charge on any atom is -0.437 e. The molecular weight excluding hydrogens is 444 g/mol. The average Bonchev–Trinajstić information content (AvgIpc) is 3.64. The Morgan fingerprint density at radius 1 is 0.778 bits per heavy atom. The van der Waals surface area contributed by atoms with Crippen molar-refractivity contribution < 1.29 is 4.42 Å². The molecule has 0 aliphatic rings. The topological polar surface area (TPSA) is 40.3 Å². The van der Waals surface area contributed by atoms with Crippen LogP contribution in [-0.2, 0) is 0 Å². The van der Waals surface area contributed by atoms with Gasteiger partial charge in [-0.25, -0.2) is 9.38 Å². The van der Waals surface area contributed by atoms with Crippen molar-refractivity contribution in [1.82, 2.24) is 18.5 Å². The molecule has 0 fully saturated rings. The largest absolute Gasteiger partial charge is 0.437 e. The van der Waals surface area contributed by atoms with Crippen LogP contribution in [0.5, 0.6) is 0 Å². The predicted molar refractivity (Wildman–Crippen MR) is 148 cm³/mol. The molecule has 36 heavy (non-hydrogen) atoms. The summed E-state index contributed by atoms with van der Waals surface area (Å²) in [6.45, 7) is 8.19. The maximum absolute atomic E-state index is 6.42. The number of benzene rings is 4. The molecule has 8 aromatic rings. The van der Waals surface area contributed by atoms with Crippen LogP contribution < -0.4 is 0 Å². The van der Waals surface area contributed by atoms with Gasteiger partial charge in [0.15, 0.2) is 0 Å². The Bertz CT molecular complexity index is 2200. The number of para-hydroxylation sites is 4. The molecule has 0 spiro atoms. The molecule has 0 atom stereocenters. The van der Waals surface area contributed by atoms with E-state index in [0.29, 0.717) is 0 Å². The summed E-state index contributed by atoms with van der Waals surface area (Å²) in [5.41, 5.74) is 8.69. The highest BCUT2D eigenvalue weighted by Crippen LogP contribution is 2.38. The van der Waals surface area contributed by atoms with Gasteiger partial charge in [0.25, 0.3) is 0 Å². The zero-order valence-electron chi connectivity index (χ0n) is 19.3. The molecule has 0 aliphatic carbocycles. The van der Waals surface area contributed by atoms with E-state index in [0.717, 1.165) is 66.8 Å². The van der Waals surface area contributed by atoms with E-state index < -0.39 is 0 Å². The number of allylic oxidation sites excluding steroid dienone is 2. The number of rotatable bonds is 3. The van der Waals surface area contributed by atoms with Gasteiger partial charge in [0.2, 0.25) is 11.5 Å². The first kappa shape index (κ1) is 19.3. The number of fused-ring (bicyclic) bond motifs is 10. The number of nitrogens with zero attached hydrogens (tertiary/aromatic N) is 4. The van der Waals surface area contributed by atoms with E-state index in [4.69, 9.17) is 9.40 Å². The molecule has 5 heteroatoms. The van der Waals surface area contributed by atoms with Gasteiger partial charge in [-0.1, -0.05) is 55.6 Å². The van der Waals surface area contributed by atoms with E-state index in [2.05, 4.69) is 81.3 Å². The minimum absolute atomic E-state index is 0.794. The normalized spacial score (nSPS) is 12.1. The van der Waals surface area contributed by atoms with Crippen LogP contribution in [0.4, 0.5) is 0 Å². The van der Waals surface area contributed by atoms with E-state index in [1.807, 2.05) is 36.4 Å². The molecule has 0 saturated heterocycles. The third kappa shape index (κ3) is 2.31. The van der Waals surface area contributed by atoms with Crippen LogP contribution >= 0.6 is 0 Å². The summed E-state index contributed by atoms with van der Waals surface area (Å²) in [4.78, 5) is 5.03. The summed E-state index contributed by atoms with van der Waals surface area (Å²) in [6.07, 6.45) is 1.80. The van der Waals surface area contributed by atoms with Crippen LogP contribution in [0.1, 0.15) is 0 Å². The molecule has 4 heterocycles. The molecular formula is C31H20N4O. The highest BCUT2D eigenvalue weighted by atomic mass is 16.3. The Labute approximate surface area is 205 Å². The fourth-order valence-electron chi connectivity index (χ4n) is 5.60. The number of hydrogen-bond acceptors (Lipinski definition) is 2. The lowest BCUT2D eigenvalue weighted by molar-refractivity contribution is 0.651. The van der Waals surface area contributed by atoms with Crippen molar-refractivity contribution >= 4 is 66.5 Å². The molecule has 4 aromatic heterocycles. The SMILES string of the molecule is C=CC(=C)n1c2ccccc2c2cc(-n3c4c5ccccc5oc4n4c5ccccc5nc34)ccc21. The molecule has 0 unspecified atom stereocenters. The summed E-state index contributed by atoms with van der Waals surface area (Å²) in [6, 6.07) is 31.3. The van der Waals surface area contributed by atoms with Gasteiger partial charge in [0.05, 0.1) is 27.8 Å². The molecule has 0 bridgehead atoms. The molecule has 0 aliphatic heterocycles. The van der Waals surface area contributed by atoms with Crippen molar-refractivity contribution in [3.63, 3.8) is 0 Å². The summed E-state index contributed by atoms with van der Waals surface area (Å²) in [5.74, 6) is 0.828. The van der Waals surface area contributed by atoms with Gasteiger partial charge >= 0.3 is 0 Å². The Morgan fingerprint density at radius 3 is 2.36 bits per heavy atom. The monoisotopic (exact) mass is 464 g/mol. The molecule has 8 rings (SSSR count). The van der Waals surface area contributed by atoms with E-state index in [9.17, 15) is 0 Å². The summed E-state index contributed by atoms with van der Waals surface area (Å²) in [5, 5.41) is 3.38. The van der Waals surface area contributed by atoms with E-state index in [-0.39, 0.29) is 0 Å². The maximum atomic E-state index is 6.42. The van der Waals surface area contributed by atoms with Crippen LogP contribution in [0.2, 0.25) is 0 Å². The first-order valence-electron chi connectivity index (χ1n) is 11.9. The van der Waals surface area contributed by atoms with Gasteiger partial charge in [0.1, 0.15) is 11.1 Å². The molecule has 0 saturated carbocycles. The molecule has 170 valence electrons. The molecule has 4 aromatic carbocycles. The summed E-state index contributed by atoms with van der Waals surface area (Å²) in [7, 11) is 0. The van der Waals surface area contributed by atoms with Gasteiger partial charge in [-0.15, -0.1) is 0 Å². The van der Waals surface area contributed by atoms with Crippen LogP contribution in [-0.4, -0.2) is 18.5 Å². The lowest BCUT2D eigenvalue weighted by Gasteiger charge is -2.08. The second-order valence-electron chi connectivity index (χ2n) is 9.07. The van der Waals surface area contributed by atoms with Crippen molar-refractivity contribution in [3.05, 3.63) is 110 Å². The van der Waals surface area contributed by atoms with Gasteiger partial charge in [-0.2, -0.15) is 0 Å². The first-order chi connectivity index (χ1) is 17.7. The van der Waals surface area contributed by atoms with Crippen molar-refractivity contribution in [2.45, 2.75) is 0 Å². The highest BCUT2D eigenvalue weighted by Gasteiger charge is 2.23. The quantitative estimate of drug-likeness (QED) is 0.249. The average molecular weight is 465 g/mol. The Morgan fingerprint density at radius 2 is 1.50 bits per heavy atom. The number of imidazole rings is 2. The fourth-order valence-corrected chi connectivity index (χ4v) is 5.60. The fraction of sp³-hybridized carbons (Fsp3) is 0.